The van der Waals surface area contributed by atoms with Gasteiger partial charge in [0, 0.05) is 5.56 Å². The minimum atomic E-state index is -1.40. The van der Waals surface area contributed by atoms with Gasteiger partial charge in [-0.15, -0.1) is 0 Å². The molecule has 0 aliphatic carbocycles. The summed E-state index contributed by atoms with van der Waals surface area (Å²) in [5.41, 5.74) is -0.534. The summed E-state index contributed by atoms with van der Waals surface area (Å²) in [5, 5.41) is 13.6. The molecule has 0 spiro atoms. The van der Waals surface area contributed by atoms with E-state index < -0.39 is 17.4 Å². The van der Waals surface area contributed by atoms with E-state index in [1.807, 2.05) is 60.7 Å². The third kappa shape index (κ3) is 4.74. The minimum Gasteiger partial charge on any atom is -0.481 e. The first-order valence-corrected chi connectivity index (χ1v) is 9.13. The number of hydrogen-bond donors (Lipinski definition) is 2. The van der Waals surface area contributed by atoms with Crippen LogP contribution in [0.25, 0.3) is 10.8 Å². The van der Waals surface area contributed by atoms with E-state index in [-0.39, 0.29) is 6.61 Å². The monoisotopic (exact) mass is 387 g/mol. The Kier molecular flexibility index (Phi) is 5.85. The molecule has 0 aliphatic rings. The summed E-state index contributed by atoms with van der Waals surface area (Å²) < 4.78 is 5.60. The Morgan fingerprint density at radius 1 is 1.00 bits per heavy atom. The molecule has 3 aromatic carbocycles. The molecule has 0 aromatic heterocycles. The normalized spacial score (nSPS) is 10.7. The molecule has 0 aliphatic heterocycles. The lowest BCUT2D eigenvalue weighted by molar-refractivity contribution is -0.143. The number of aliphatic carboxylic acids is 1. The number of carboxylic acids is 1. The Morgan fingerprint density at radius 3 is 2.41 bits per heavy atom. The molecule has 1 amide bonds. The maximum atomic E-state index is 12.8. The second kappa shape index (κ2) is 8.49. The number of carboxylic acid groups (broad SMARTS) is 1. The van der Waals surface area contributed by atoms with Crippen LogP contribution >= 0.6 is 0 Å². The molecule has 3 aromatic rings. The third-order valence-corrected chi connectivity index (χ3v) is 4.40. The number of nitrogens with one attached hydrogen (secondary N) is 1. The maximum Gasteiger partial charge on any atom is 0.328 e. The van der Waals surface area contributed by atoms with Crippen LogP contribution in [0.15, 0.2) is 66.7 Å². The first-order valence-electron chi connectivity index (χ1n) is 9.13. The number of para-hydroxylation sites is 1. The highest BCUT2D eigenvalue weighted by Crippen LogP contribution is 2.22. The Bertz CT molecular complexity index is 1110. The van der Waals surface area contributed by atoms with Crippen LogP contribution in [0.3, 0.4) is 0 Å². The van der Waals surface area contributed by atoms with Gasteiger partial charge in [0.25, 0.3) is 5.91 Å². The van der Waals surface area contributed by atoms with Gasteiger partial charge in [-0.3, -0.25) is 4.79 Å². The Morgan fingerprint density at radius 2 is 1.69 bits per heavy atom. The lowest BCUT2D eigenvalue weighted by Gasteiger charge is -2.21. The highest BCUT2D eigenvalue weighted by Gasteiger charge is 2.30. The van der Waals surface area contributed by atoms with Crippen LogP contribution in [0.4, 0.5) is 0 Å². The van der Waals surface area contributed by atoms with Crippen LogP contribution < -0.4 is 10.1 Å². The fourth-order valence-electron chi connectivity index (χ4n) is 2.76. The minimum absolute atomic E-state index is 0.162. The molecule has 0 unspecified atom stereocenters. The van der Waals surface area contributed by atoms with Crippen molar-refractivity contribution < 1.29 is 19.4 Å². The van der Waals surface area contributed by atoms with Gasteiger partial charge in [0.2, 0.25) is 0 Å². The number of carbonyl (C=O) groups is 2. The number of amides is 1. The van der Waals surface area contributed by atoms with Crippen molar-refractivity contribution in [3.05, 3.63) is 77.9 Å². The summed E-state index contributed by atoms with van der Waals surface area (Å²) in [6.07, 6.45) is 0. The Hall–Kier alpha value is -3.78. The van der Waals surface area contributed by atoms with E-state index >= 15 is 0 Å². The van der Waals surface area contributed by atoms with Crippen LogP contribution in [-0.4, -0.2) is 29.1 Å². The molecule has 3 rings (SSSR count). The zero-order chi connectivity index (χ0) is 20.9. The van der Waals surface area contributed by atoms with Gasteiger partial charge in [-0.05, 0) is 42.8 Å². The first-order chi connectivity index (χ1) is 13.9. The van der Waals surface area contributed by atoms with Gasteiger partial charge in [0.15, 0.2) is 0 Å². The molecule has 146 valence electrons. The summed E-state index contributed by atoms with van der Waals surface area (Å²) in [6, 6.07) is 20.4. The summed E-state index contributed by atoms with van der Waals surface area (Å²) in [7, 11) is 0. The summed E-state index contributed by atoms with van der Waals surface area (Å²) in [5.74, 6) is 5.10. The molecule has 29 heavy (non-hydrogen) atoms. The predicted octanol–water partition coefficient (Wildman–Crippen LogP) is 3.86. The SMILES string of the molecule is CC(C)(NC(=O)c1ccc2ccccc2c1C#CCOc1ccccc1)C(=O)O. The van der Waals surface area contributed by atoms with Gasteiger partial charge >= 0.3 is 5.97 Å². The van der Waals surface area contributed by atoms with Crippen molar-refractivity contribution in [2.75, 3.05) is 6.61 Å². The van der Waals surface area contributed by atoms with Gasteiger partial charge in [-0.1, -0.05) is 60.4 Å². The average Bonchev–Trinajstić information content (AvgIpc) is 2.71. The molecule has 0 atom stereocenters. The molecule has 0 saturated heterocycles. The van der Waals surface area contributed by atoms with Crippen molar-refractivity contribution in [2.45, 2.75) is 19.4 Å². The average molecular weight is 387 g/mol. The smallest absolute Gasteiger partial charge is 0.328 e. The summed E-state index contributed by atoms with van der Waals surface area (Å²) in [6.45, 7) is 3.04. The molecule has 0 bridgehead atoms. The van der Waals surface area contributed by atoms with Crippen LogP contribution in [0, 0.1) is 11.8 Å². The van der Waals surface area contributed by atoms with Crippen molar-refractivity contribution in [1.82, 2.24) is 5.32 Å². The van der Waals surface area contributed by atoms with E-state index in [0.717, 1.165) is 10.8 Å². The topological polar surface area (TPSA) is 75.6 Å². The summed E-state index contributed by atoms with van der Waals surface area (Å²) in [4.78, 5) is 24.2. The van der Waals surface area contributed by atoms with Crippen molar-refractivity contribution in [1.29, 1.82) is 0 Å². The lowest BCUT2D eigenvalue weighted by atomic mass is 9.97. The first kappa shape index (κ1) is 20.0. The molecule has 0 radical (unpaired) electrons. The molecule has 0 saturated carbocycles. The maximum absolute atomic E-state index is 12.8. The predicted molar refractivity (Wildman–Crippen MR) is 112 cm³/mol. The molecule has 0 heterocycles. The van der Waals surface area contributed by atoms with E-state index in [1.165, 1.54) is 13.8 Å². The van der Waals surface area contributed by atoms with Crippen LogP contribution in [0.5, 0.6) is 5.75 Å². The van der Waals surface area contributed by atoms with Crippen LogP contribution in [0.1, 0.15) is 29.8 Å². The van der Waals surface area contributed by atoms with Gasteiger partial charge in [0.1, 0.15) is 17.9 Å². The van der Waals surface area contributed by atoms with Crippen LogP contribution in [0.2, 0.25) is 0 Å². The number of rotatable bonds is 5. The Balaban J connectivity index is 1.93. The van der Waals surface area contributed by atoms with E-state index in [1.54, 1.807) is 6.07 Å². The summed E-state index contributed by atoms with van der Waals surface area (Å²) >= 11 is 0. The van der Waals surface area contributed by atoms with Gasteiger partial charge in [-0.25, -0.2) is 4.79 Å². The quantitative estimate of drug-likeness (QED) is 0.652. The van der Waals surface area contributed by atoms with Gasteiger partial charge in [-0.2, -0.15) is 0 Å². The third-order valence-electron chi connectivity index (χ3n) is 4.40. The largest absolute Gasteiger partial charge is 0.481 e. The highest BCUT2D eigenvalue weighted by atomic mass is 16.5. The highest BCUT2D eigenvalue weighted by molar-refractivity contribution is 6.04. The van der Waals surface area contributed by atoms with Crippen molar-refractivity contribution >= 4 is 22.6 Å². The fraction of sp³-hybridized carbons (Fsp3) is 0.167. The number of benzene rings is 3. The van der Waals surface area contributed by atoms with Crippen LogP contribution in [-0.2, 0) is 4.79 Å². The number of fused-ring (bicyclic) bond motifs is 1. The van der Waals surface area contributed by atoms with Crippen molar-refractivity contribution in [2.24, 2.45) is 0 Å². The molecule has 0 fully saturated rings. The van der Waals surface area contributed by atoms with E-state index in [4.69, 9.17) is 4.74 Å². The van der Waals surface area contributed by atoms with E-state index in [0.29, 0.717) is 16.9 Å². The van der Waals surface area contributed by atoms with E-state index in [9.17, 15) is 14.7 Å². The molecular formula is C24H21NO4. The molecule has 5 nitrogen and oxygen atoms in total. The number of carbonyl (C=O) groups excluding carboxylic acids is 1. The number of hydrogen-bond acceptors (Lipinski definition) is 3. The zero-order valence-corrected chi connectivity index (χ0v) is 16.2. The van der Waals surface area contributed by atoms with Gasteiger partial charge in [0.05, 0.1) is 5.56 Å². The van der Waals surface area contributed by atoms with Gasteiger partial charge < -0.3 is 15.2 Å². The Labute approximate surface area is 169 Å². The standard InChI is InChI=1S/C24H21NO4/c1-24(2,23(27)28)25-22(26)21-15-14-17-9-6-7-12-19(17)20(21)13-8-16-29-18-10-4-3-5-11-18/h3-7,9-12,14-15H,16H2,1-2H3,(H,25,26)(H,27,28). The lowest BCUT2D eigenvalue weighted by Crippen LogP contribution is -2.49. The second-order valence-electron chi connectivity index (χ2n) is 7.00. The zero-order valence-electron chi connectivity index (χ0n) is 16.2. The van der Waals surface area contributed by atoms with E-state index in [2.05, 4.69) is 17.2 Å². The second-order valence-corrected chi connectivity index (χ2v) is 7.00. The molecular weight excluding hydrogens is 366 g/mol. The fourth-order valence-corrected chi connectivity index (χ4v) is 2.76. The molecule has 5 heteroatoms. The number of ether oxygens (including phenoxy) is 1. The van der Waals surface area contributed by atoms with Crippen molar-refractivity contribution in [3.8, 4) is 17.6 Å². The van der Waals surface area contributed by atoms with Crippen molar-refractivity contribution in [3.63, 3.8) is 0 Å². The molecule has 2 N–H and O–H groups in total.